The first kappa shape index (κ1) is 13.0. The predicted octanol–water partition coefficient (Wildman–Crippen LogP) is 1.85. The second-order valence-corrected chi connectivity index (χ2v) is 1.53. The van der Waals surface area contributed by atoms with Crippen molar-refractivity contribution in [1.29, 1.82) is 0 Å². The molecule has 0 aromatic rings. The van der Waals surface area contributed by atoms with Gasteiger partial charge in [0.25, 0.3) is 0 Å². The standard InChI is InChI=1S/C7H10N2.Y/c1-3-7(2)9-6-4-5-8;/h1,3-4,6,8H,5H2,2H3;/q-3;+3. The van der Waals surface area contributed by atoms with E-state index in [1.54, 1.807) is 19.9 Å². The quantitative estimate of drug-likeness (QED) is 0.386. The van der Waals surface area contributed by atoms with E-state index in [0.29, 0.717) is 0 Å². The van der Waals surface area contributed by atoms with Gasteiger partial charge in [0.05, 0.1) is 0 Å². The zero-order valence-corrected chi connectivity index (χ0v) is 8.88. The van der Waals surface area contributed by atoms with Crippen molar-refractivity contribution in [1.82, 2.24) is 0 Å². The maximum absolute atomic E-state index is 6.71. The molecule has 0 amide bonds. The molecule has 0 rings (SSSR count). The van der Waals surface area contributed by atoms with Gasteiger partial charge in [-0.25, -0.2) is 6.08 Å². The average Bonchev–Trinajstić information content (AvgIpc) is 1.89. The largest absolute Gasteiger partial charge is 3.00 e. The molecule has 0 aliphatic rings. The summed E-state index contributed by atoms with van der Waals surface area (Å²) >= 11 is 0. The minimum Gasteiger partial charge on any atom is -0.678 e. The van der Waals surface area contributed by atoms with Crippen LogP contribution in [0, 0.1) is 19.5 Å². The van der Waals surface area contributed by atoms with Crippen LogP contribution < -0.4 is 0 Å². The molecule has 0 aromatic heterocycles. The van der Waals surface area contributed by atoms with Crippen LogP contribution >= 0.6 is 0 Å². The van der Waals surface area contributed by atoms with E-state index in [0.717, 1.165) is 5.71 Å². The van der Waals surface area contributed by atoms with Crippen LogP contribution in [0.4, 0.5) is 0 Å². The summed E-state index contributed by atoms with van der Waals surface area (Å²) in [6, 6.07) is 0. The Morgan fingerprint density at radius 3 is 2.80 bits per heavy atom. The van der Waals surface area contributed by atoms with Crippen LogP contribution in [-0.4, -0.2) is 12.3 Å². The Morgan fingerprint density at radius 2 is 2.40 bits per heavy atom. The van der Waals surface area contributed by atoms with Gasteiger partial charge in [0.1, 0.15) is 0 Å². The van der Waals surface area contributed by atoms with E-state index in [9.17, 15) is 0 Å². The Kier molecular flexibility index (Phi) is 12.1. The van der Waals surface area contributed by atoms with E-state index in [2.05, 4.69) is 4.99 Å². The first-order valence-electron chi connectivity index (χ1n) is 2.70. The van der Waals surface area contributed by atoms with Crippen molar-refractivity contribution < 1.29 is 32.7 Å². The fraction of sp³-hybridized carbons (Fsp3) is 0.286. The number of nitrogens with zero attached hydrogens (tertiary/aromatic N) is 1. The first-order valence-corrected chi connectivity index (χ1v) is 2.70. The number of allylic oxidation sites excluding steroid dienone is 1. The van der Waals surface area contributed by atoms with E-state index in [4.69, 9.17) is 12.3 Å². The molecule has 0 bridgehead atoms. The summed E-state index contributed by atoms with van der Waals surface area (Å²) in [5, 5.41) is 0. The molecule has 0 saturated carbocycles. The monoisotopic (exact) mass is 211 g/mol. The Morgan fingerprint density at radius 1 is 1.80 bits per heavy atom. The molecule has 0 saturated heterocycles. The molecule has 0 atom stereocenters. The van der Waals surface area contributed by atoms with E-state index in [1.807, 2.05) is 0 Å². The zero-order valence-electron chi connectivity index (χ0n) is 6.04. The number of aliphatic imine (C=N–C) groups is 1. The fourth-order valence-electron chi connectivity index (χ4n) is 0.266. The molecule has 2 nitrogen and oxygen atoms in total. The SMILES string of the molecule is [CH-]=CC(C)=N[CH-][CH]C[NH-].[Y+3]. The third-order valence-corrected chi connectivity index (χ3v) is 0.743. The molecule has 1 radical (unpaired) electrons. The summed E-state index contributed by atoms with van der Waals surface area (Å²) in [5.41, 5.74) is 7.47. The Hall–Kier alpha value is 0.344. The van der Waals surface area contributed by atoms with Crippen molar-refractivity contribution >= 4 is 5.71 Å². The van der Waals surface area contributed by atoms with E-state index in [-0.39, 0.29) is 39.3 Å². The van der Waals surface area contributed by atoms with Crippen molar-refractivity contribution in [3.05, 3.63) is 31.4 Å². The number of hydrogen-bond acceptors (Lipinski definition) is 1. The van der Waals surface area contributed by atoms with Gasteiger partial charge in [0, 0.05) is 0 Å². The molecule has 0 fully saturated rings. The summed E-state index contributed by atoms with van der Waals surface area (Å²) in [6.45, 7) is 8.76. The summed E-state index contributed by atoms with van der Waals surface area (Å²) in [4.78, 5) is 3.87. The first-order chi connectivity index (χ1) is 4.31. The van der Waals surface area contributed by atoms with Crippen molar-refractivity contribution in [3.8, 4) is 0 Å². The van der Waals surface area contributed by atoms with E-state index < -0.39 is 0 Å². The Labute approximate surface area is 87.9 Å². The zero-order chi connectivity index (χ0) is 7.11. The Bertz CT molecular complexity index is 110. The van der Waals surface area contributed by atoms with Gasteiger partial charge in [0.2, 0.25) is 0 Å². The molecule has 0 aliphatic carbocycles. The third kappa shape index (κ3) is 8.34. The normalized spacial score (nSPS) is 10.0. The van der Waals surface area contributed by atoms with Gasteiger partial charge in [-0.05, 0) is 0 Å². The van der Waals surface area contributed by atoms with Gasteiger partial charge in [0.15, 0.2) is 0 Å². The molecule has 10 heavy (non-hydrogen) atoms. The van der Waals surface area contributed by atoms with Gasteiger partial charge >= 0.3 is 32.7 Å². The number of hydrogen-bond donors (Lipinski definition) is 0. The minimum absolute atomic E-state index is 0. The van der Waals surface area contributed by atoms with Crippen LogP contribution in [0.1, 0.15) is 6.92 Å². The van der Waals surface area contributed by atoms with Crippen LogP contribution in [0.25, 0.3) is 5.73 Å². The van der Waals surface area contributed by atoms with Gasteiger partial charge in [-0.2, -0.15) is 6.54 Å². The van der Waals surface area contributed by atoms with Gasteiger partial charge in [-0.1, -0.05) is 6.92 Å². The molecular formula is C7H10N2Y. The molecular weight excluding hydrogens is 201 g/mol. The minimum atomic E-state index is 0. The smallest absolute Gasteiger partial charge is 0.678 e. The Balaban J connectivity index is 0. The molecule has 1 N–H and O–H groups in total. The van der Waals surface area contributed by atoms with Crippen LogP contribution in [0.15, 0.2) is 11.1 Å². The molecule has 0 aliphatic heterocycles. The van der Waals surface area contributed by atoms with Gasteiger partial charge in [-0.3, -0.25) is 6.58 Å². The molecule has 0 spiro atoms. The van der Waals surface area contributed by atoms with Crippen LogP contribution in [0.2, 0.25) is 0 Å². The predicted molar refractivity (Wildman–Crippen MR) is 39.8 cm³/mol. The summed E-state index contributed by atoms with van der Waals surface area (Å²) in [7, 11) is 0. The van der Waals surface area contributed by atoms with Crippen molar-refractivity contribution in [2.45, 2.75) is 6.92 Å². The topological polar surface area (TPSA) is 36.2 Å². The maximum atomic E-state index is 6.71. The van der Waals surface area contributed by atoms with Crippen molar-refractivity contribution in [2.75, 3.05) is 6.54 Å². The van der Waals surface area contributed by atoms with Crippen molar-refractivity contribution in [2.24, 2.45) is 4.99 Å². The maximum Gasteiger partial charge on any atom is 3.00 e. The second kappa shape index (κ2) is 9.34. The second-order valence-electron chi connectivity index (χ2n) is 1.53. The summed E-state index contributed by atoms with van der Waals surface area (Å²) < 4.78 is 0. The van der Waals surface area contributed by atoms with Crippen LogP contribution in [-0.2, 0) is 32.7 Å². The average molecular weight is 211 g/mol. The summed E-state index contributed by atoms with van der Waals surface area (Å²) in [5.74, 6) is 0. The van der Waals surface area contributed by atoms with Gasteiger partial charge in [-0.15, -0.1) is 18.7 Å². The van der Waals surface area contributed by atoms with Crippen LogP contribution in [0.5, 0.6) is 0 Å². The van der Waals surface area contributed by atoms with Gasteiger partial charge < -0.3 is 10.7 Å². The van der Waals surface area contributed by atoms with Crippen LogP contribution in [0.3, 0.4) is 0 Å². The fourth-order valence-corrected chi connectivity index (χ4v) is 0.266. The third-order valence-electron chi connectivity index (χ3n) is 0.743. The molecule has 51 valence electrons. The van der Waals surface area contributed by atoms with E-state index >= 15 is 0 Å². The van der Waals surface area contributed by atoms with E-state index in [1.165, 1.54) is 6.08 Å². The van der Waals surface area contributed by atoms with Crippen molar-refractivity contribution in [3.63, 3.8) is 0 Å². The number of rotatable bonds is 4. The summed E-state index contributed by atoms with van der Waals surface area (Å²) in [6.07, 6.45) is 3.07. The molecule has 0 aromatic carbocycles. The molecule has 0 heterocycles. The number of nitrogens with one attached hydrogen (secondary N) is 1. The molecule has 0 unspecified atom stereocenters. The molecule has 3 heteroatoms.